The topological polar surface area (TPSA) is 54.5 Å². The standard InChI is InChI=1S/C17H19N3O2/c21-17(19-13-14-3-2-6-18-12-14)15-4-1-5-16(11-15)20-7-9-22-10-8-20/h1-6,11-12H,7-10,13H2,(H,19,21). The lowest BCUT2D eigenvalue weighted by Gasteiger charge is -2.29. The molecule has 3 rings (SSSR count). The van der Waals surface area contributed by atoms with Crippen LogP contribution in [0, 0.1) is 0 Å². The van der Waals surface area contributed by atoms with Crippen molar-refractivity contribution in [2.75, 3.05) is 31.2 Å². The molecular formula is C17H19N3O2. The summed E-state index contributed by atoms with van der Waals surface area (Å²) in [7, 11) is 0. The van der Waals surface area contributed by atoms with Gasteiger partial charge in [0.15, 0.2) is 0 Å². The molecule has 0 bridgehead atoms. The fraction of sp³-hybridized carbons (Fsp3) is 0.294. The minimum atomic E-state index is -0.0704. The molecule has 1 saturated heterocycles. The number of amides is 1. The maximum atomic E-state index is 12.3. The van der Waals surface area contributed by atoms with E-state index in [2.05, 4.69) is 15.2 Å². The third-order valence-electron chi connectivity index (χ3n) is 3.66. The van der Waals surface area contributed by atoms with Gasteiger partial charge in [-0.05, 0) is 29.8 Å². The predicted molar refractivity (Wildman–Crippen MR) is 84.9 cm³/mol. The second kappa shape index (κ2) is 7.04. The third kappa shape index (κ3) is 3.62. The molecule has 114 valence electrons. The lowest BCUT2D eigenvalue weighted by molar-refractivity contribution is 0.0951. The first-order valence-corrected chi connectivity index (χ1v) is 7.43. The lowest BCUT2D eigenvalue weighted by Crippen LogP contribution is -2.36. The summed E-state index contributed by atoms with van der Waals surface area (Å²) in [5.41, 5.74) is 2.73. The van der Waals surface area contributed by atoms with Gasteiger partial charge >= 0.3 is 0 Å². The van der Waals surface area contributed by atoms with Crippen molar-refractivity contribution in [1.82, 2.24) is 10.3 Å². The quantitative estimate of drug-likeness (QED) is 0.936. The molecule has 1 fully saturated rings. The highest BCUT2D eigenvalue weighted by molar-refractivity contribution is 5.95. The minimum absolute atomic E-state index is 0.0704. The monoisotopic (exact) mass is 297 g/mol. The molecule has 0 saturated carbocycles. The number of carbonyl (C=O) groups excluding carboxylic acids is 1. The van der Waals surface area contributed by atoms with Crippen LogP contribution < -0.4 is 10.2 Å². The van der Waals surface area contributed by atoms with Crippen LogP contribution in [0.25, 0.3) is 0 Å². The molecule has 5 heteroatoms. The van der Waals surface area contributed by atoms with Gasteiger partial charge in [-0.3, -0.25) is 9.78 Å². The molecule has 2 heterocycles. The molecule has 0 spiro atoms. The minimum Gasteiger partial charge on any atom is -0.378 e. The van der Waals surface area contributed by atoms with Gasteiger partial charge in [0.1, 0.15) is 0 Å². The summed E-state index contributed by atoms with van der Waals surface area (Å²) in [6.07, 6.45) is 3.47. The van der Waals surface area contributed by atoms with Crippen LogP contribution in [0.4, 0.5) is 5.69 Å². The Bertz CT molecular complexity index is 625. The molecule has 1 aromatic heterocycles. The van der Waals surface area contributed by atoms with Crippen molar-refractivity contribution in [2.24, 2.45) is 0 Å². The normalized spacial score (nSPS) is 14.6. The molecular weight excluding hydrogens is 278 g/mol. The number of rotatable bonds is 4. The van der Waals surface area contributed by atoms with Gasteiger partial charge in [0, 0.05) is 43.3 Å². The van der Waals surface area contributed by atoms with Crippen molar-refractivity contribution in [3.05, 3.63) is 59.9 Å². The Balaban J connectivity index is 1.64. The van der Waals surface area contributed by atoms with Crippen LogP contribution in [0.2, 0.25) is 0 Å². The summed E-state index contributed by atoms with van der Waals surface area (Å²) >= 11 is 0. The van der Waals surface area contributed by atoms with E-state index in [-0.39, 0.29) is 5.91 Å². The van der Waals surface area contributed by atoms with Crippen LogP contribution in [0.1, 0.15) is 15.9 Å². The SMILES string of the molecule is O=C(NCc1cccnc1)c1cccc(N2CCOCC2)c1. The third-order valence-corrected chi connectivity index (χ3v) is 3.66. The zero-order valence-corrected chi connectivity index (χ0v) is 12.4. The molecule has 22 heavy (non-hydrogen) atoms. The number of morpholine rings is 1. The number of carbonyl (C=O) groups is 1. The molecule has 1 aliphatic heterocycles. The molecule has 0 atom stereocenters. The van der Waals surface area contributed by atoms with Gasteiger partial charge in [-0.15, -0.1) is 0 Å². The highest BCUT2D eigenvalue weighted by atomic mass is 16.5. The van der Waals surface area contributed by atoms with E-state index in [0.29, 0.717) is 12.1 Å². The van der Waals surface area contributed by atoms with Crippen molar-refractivity contribution < 1.29 is 9.53 Å². The Morgan fingerprint density at radius 2 is 2.09 bits per heavy atom. The zero-order chi connectivity index (χ0) is 15.2. The Hall–Kier alpha value is -2.40. The van der Waals surface area contributed by atoms with Crippen molar-refractivity contribution in [1.29, 1.82) is 0 Å². The van der Waals surface area contributed by atoms with E-state index in [9.17, 15) is 4.79 Å². The summed E-state index contributed by atoms with van der Waals surface area (Å²) in [5.74, 6) is -0.0704. The Morgan fingerprint density at radius 1 is 1.23 bits per heavy atom. The lowest BCUT2D eigenvalue weighted by atomic mass is 10.1. The molecule has 1 aliphatic rings. The highest BCUT2D eigenvalue weighted by Gasteiger charge is 2.13. The Morgan fingerprint density at radius 3 is 2.86 bits per heavy atom. The summed E-state index contributed by atoms with van der Waals surface area (Å²) in [6.45, 7) is 3.67. The molecule has 2 aromatic rings. The molecule has 0 unspecified atom stereocenters. The maximum Gasteiger partial charge on any atom is 0.251 e. The van der Waals surface area contributed by atoms with Crippen molar-refractivity contribution in [3.63, 3.8) is 0 Å². The first-order valence-electron chi connectivity index (χ1n) is 7.43. The van der Waals surface area contributed by atoms with Gasteiger partial charge in [0.05, 0.1) is 13.2 Å². The van der Waals surface area contributed by atoms with E-state index in [1.165, 1.54) is 0 Å². The predicted octanol–water partition coefficient (Wildman–Crippen LogP) is 1.85. The van der Waals surface area contributed by atoms with E-state index < -0.39 is 0 Å². The van der Waals surface area contributed by atoms with Crippen LogP contribution in [-0.4, -0.2) is 37.2 Å². The average Bonchev–Trinajstić information content (AvgIpc) is 2.61. The fourth-order valence-electron chi connectivity index (χ4n) is 2.45. The second-order valence-electron chi connectivity index (χ2n) is 5.19. The molecule has 0 radical (unpaired) electrons. The first-order chi connectivity index (χ1) is 10.8. The first kappa shape index (κ1) is 14.5. The number of hydrogen-bond donors (Lipinski definition) is 1. The number of hydrogen-bond acceptors (Lipinski definition) is 4. The molecule has 1 N–H and O–H groups in total. The number of pyridine rings is 1. The van der Waals surface area contributed by atoms with Gasteiger partial charge in [-0.1, -0.05) is 12.1 Å². The van der Waals surface area contributed by atoms with Crippen molar-refractivity contribution >= 4 is 11.6 Å². The van der Waals surface area contributed by atoms with E-state index in [0.717, 1.165) is 37.6 Å². The number of anilines is 1. The van der Waals surface area contributed by atoms with Gasteiger partial charge < -0.3 is 15.0 Å². The summed E-state index contributed by atoms with van der Waals surface area (Å²) in [6, 6.07) is 11.5. The number of ether oxygens (including phenoxy) is 1. The van der Waals surface area contributed by atoms with Crippen LogP contribution in [0.3, 0.4) is 0 Å². The van der Waals surface area contributed by atoms with E-state index in [1.807, 2.05) is 36.4 Å². The average molecular weight is 297 g/mol. The Kier molecular flexibility index (Phi) is 4.65. The highest BCUT2D eigenvalue weighted by Crippen LogP contribution is 2.17. The summed E-state index contributed by atoms with van der Waals surface area (Å²) in [5, 5.41) is 2.92. The second-order valence-corrected chi connectivity index (χ2v) is 5.19. The molecule has 0 aliphatic carbocycles. The van der Waals surface area contributed by atoms with Crippen molar-refractivity contribution in [2.45, 2.75) is 6.54 Å². The van der Waals surface area contributed by atoms with Crippen LogP contribution in [0.5, 0.6) is 0 Å². The van der Waals surface area contributed by atoms with Crippen LogP contribution in [-0.2, 0) is 11.3 Å². The van der Waals surface area contributed by atoms with Gasteiger partial charge in [-0.2, -0.15) is 0 Å². The smallest absolute Gasteiger partial charge is 0.251 e. The fourth-order valence-corrected chi connectivity index (χ4v) is 2.45. The van der Waals surface area contributed by atoms with Gasteiger partial charge in [-0.25, -0.2) is 0 Å². The maximum absolute atomic E-state index is 12.3. The number of nitrogens with zero attached hydrogens (tertiary/aromatic N) is 2. The summed E-state index contributed by atoms with van der Waals surface area (Å²) in [4.78, 5) is 18.6. The molecule has 1 aromatic carbocycles. The van der Waals surface area contributed by atoms with Crippen LogP contribution in [0.15, 0.2) is 48.8 Å². The van der Waals surface area contributed by atoms with E-state index >= 15 is 0 Å². The zero-order valence-electron chi connectivity index (χ0n) is 12.4. The van der Waals surface area contributed by atoms with Crippen LogP contribution >= 0.6 is 0 Å². The number of nitrogens with one attached hydrogen (secondary N) is 1. The number of aromatic nitrogens is 1. The van der Waals surface area contributed by atoms with Gasteiger partial charge in [0.2, 0.25) is 0 Å². The van der Waals surface area contributed by atoms with E-state index in [1.54, 1.807) is 12.4 Å². The van der Waals surface area contributed by atoms with E-state index in [4.69, 9.17) is 4.74 Å². The summed E-state index contributed by atoms with van der Waals surface area (Å²) < 4.78 is 5.36. The molecule has 1 amide bonds. The van der Waals surface area contributed by atoms with Crippen molar-refractivity contribution in [3.8, 4) is 0 Å². The number of benzene rings is 1. The van der Waals surface area contributed by atoms with Gasteiger partial charge in [0.25, 0.3) is 5.91 Å². The molecule has 5 nitrogen and oxygen atoms in total. The largest absolute Gasteiger partial charge is 0.378 e. The Labute approximate surface area is 129 Å².